The van der Waals surface area contributed by atoms with E-state index in [9.17, 15) is 13.2 Å². The summed E-state index contributed by atoms with van der Waals surface area (Å²) in [5.41, 5.74) is 2.09. The van der Waals surface area contributed by atoms with Crippen molar-refractivity contribution in [1.29, 1.82) is 0 Å². The van der Waals surface area contributed by atoms with Crippen molar-refractivity contribution in [1.82, 2.24) is 4.98 Å². The Hall–Kier alpha value is -1.97. The van der Waals surface area contributed by atoms with Gasteiger partial charge in [-0.2, -0.15) is 13.2 Å². The van der Waals surface area contributed by atoms with Gasteiger partial charge < -0.3 is 4.98 Å². The number of benzene rings is 1. The molecular weight excluding hydrogens is 275 g/mol. The third-order valence-corrected chi connectivity index (χ3v) is 3.99. The zero-order valence-electron chi connectivity index (χ0n) is 11.8. The maximum absolute atomic E-state index is 12.7. The van der Waals surface area contributed by atoms with Gasteiger partial charge in [-0.3, -0.25) is 0 Å². The average Bonchev–Trinajstić information content (AvgIpc) is 2.81. The van der Waals surface area contributed by atoms with Crippen LogP contribution in [0.25, 0.3) is 10.9 Å². The molecule has 2 atom stereocenters. The van der Waals surface area contributed by atoms with Gasteiger partial charge in [-0.1, -0.05) is 36.8 Å². The molecule has 3 rings (SSSR count). The van der Waals surface area contributed by atoms with Crippen molar-refractivity contribution < 1.29 is 13.2 Å². The van der Waals surface area contributed by atoms with Gasteiger partial charge >= 0.3 is 6.18 Å². The van der Waals surface area contributed by atoms with Gasteiger partial charge in [0.15, 0.2) is 0 Å². The van der Waals surface area contributed by atoms with Crippen LogP contribution in [-0.4, -0.2) is 4.98 Å². The van der Waals surface area contributed by atoms with Crippen molar-refractivity contribution in [3.8, 4) is 0 Å². The highest BCUT2D eigenvalue weighted by molar-refractivity contribution is 5.81. The number of rotatable bonds is 1. The van der Waals surface area contributed by atoms with Crippen molar-refractivity contribution in [3.05, 3.63) is 59.3 Å². The van der Waals surface area contributed by atoms with Crippen molar-refractivity contribution in [3.63, 3.8) is 0 Å². The molecule has 2 aromatic rings. The van der Waals surface area contributed by atoms with Crippen LogP contribution in [0.15, 0.2) is 48.1 Å². The lowest BCUT2D eigenvalue weighted by atomic mass is 9.82. The van der Waals surface area contributed by atoms with E-state index in [0.717, 1.165) is 5.56 Å². The van der Waals surface area contributed by atoms with Crippen molar-refractivity contribution in [2.45, 2.75) is 25.9 Å². The van der Waals surface area contributed by atoms with E-state index in [4.69, 9.17) is 0 Å². The van der Waals surface area contributed by atoms with Gasteiger partial charge in [-0.05, 0) is 36.6 Å². The molecule has 0 saturated carbocycles. The minimum atomic E-state index is -4.34. The van der Waals surface area contributed by atoms with Gasteiger partial charge in [0.25, 0.3) is 0 Å². The quantitative estimate of drug-likeness (QED) is 0.721. The summed E-state index contributed by atoms with van der Waals surface area (Å²) < 4.78 is 38.2. The fourth-order valence-corrected chi connectivity index (χ4v) is 2.93. The maximum Gasteiger partial charge on any atom is 0.431 e. The average molecular weight is 291 g/mol. The zero-order valence-corrected chi connectivity index (χ0v) is 11.8. The molecular formula is C17H16F3N. The van der Waals surface area contributed by atoms with Gasteiger partial charge in [-0.25, -0.2) is 0 Å². The van der Waals surface area contributed by atoms with Gasteiger partial charge in [0, 0.05) is 16.8 Å². The highest BCUT2D eigenvalue weighted by Crippen LogP contribution is 2.35. The molecule has 1 aliphatic carbocycles. The largest absolute Gasteiger partial charge is 0.431 e. The summed E-state index contributed by atoms with van der Waals surface area (Å²) in [6.07, 6.45) is 2.04. The third kappa shape index (κ3) is 2.62. The monoisotopic (exact) mass is 291 g/mol. The van der Waals surface area contributed by atoms with Crippen LogP contribution in [-0.2, 0) is 6.18 Å². The first-order valence-corrected chi connectivity index (χ1v) is 6.91. The molecule has 0 radical (unpaired) electrons. The Kier molecular flexibility index (Phi) is 3.19. The van der Waals surface area contributed by atoms with Crippen LogP contribution in [0.4, 0.5) is 13.2 Å². The van der Waals surface area contributed by atoms with Gasteiger partial charge in [0.05, 0.1) is 0 Å². The van der Waals surface area contributed by atoms with E-state index in [2.05, 4.69) is 30.1 Å². The van der Waals surface area contributed by atoms with Gasteiger partial charge in [0.2, 0.25) is 0 Å². The molecule has 2 unspecified atom stereocenters. The highest BCUT2D eigenvalue weighted by Gasteiger charge is 2.32. The molecule has 110 valence electrons. The van der Waals surface area contributed by atoms with E-state index in [-0.39, 0.29) is 5.92 Å². The topological polar surface area (TPSA) is 15.8 Å². The molecule has 0 spiro atoms. The molecule has 0 bridgehead atoms. The highest BCUT2D eigenvalue weighted by atomic mass is 19.4. The second-order valence-corrected chi connectivity index (χ2v) is 5.68. The van der Waals surface area contributed by atoms with Crippen molar-refractivity contribution >= 4 is 10.9 Å². The normalized spacial score (nSPS) is 22.6. The number of fused-ring (bicyclic) bond motifs is 1. The molecule has 1 heterocycles. The lowest BCUT2D eigenvalue weighted by Crippen LogP contribution is -2.08. The Balaban J connectivity index is 2.00. The van der Waals surface area contributed by atoms with E-state index in [1.165, 1.54) is 11.6 Å². The minimum absolute atomic E-state index is 0.210. The minimum Gasteiger partial charge on any atom is -0.351 e. The molecule has 21 heavy (non-hydrogen) atoms. The number of H-pyrrole nitrogens is 1. The number of hydrogen-bond acceptors (Lipinski definition) is 0. The van der Waals surface area contributed by atoms with Crippen LogP contribution < -0.4 is 0 Å². The number of aromatic amines is 1. The number of nitrogens with one attached hydrogen (secondary N) is 1. The molecule has 1 nitrogen and oxygen atoms in total. The van der Waals surface area contributed by atoms with Crippen LogP contribution >= 0.6 is 0 Å². The summed E-state index contributed by atoms with van der Waals surface area (Å²) in [5, 5.41) is 0.603. The SMILES string of the molecule is CC1=CC(C)C(c2ccc3[nH]c(C(F)(F)F)cc3c2)C=C1. The van der Waals surface area contributed by atoms with Crippen LogP contribution in [0.3, 0.4) is 0 Å². The Bertz CT molecular complexity index is 734. The number of halogens is 3. The number of hydrogen-bond donors (Lipinski definition) is 1. The zero-order chi connectivity index (χ0) is 15.2. The molecule has 4 heteroatoms. The standard InChI is InChI=1S/C17H16F3N/c1-10-3-5-14(11(2)7-10)12-4-6-15-13(8-12)9-16(21-15)17(18,19)20/h3-9,11,14,21H,1-2H3. The van der Waals surface area contributed by atoms with Gasteiger partial charge in [0.1, 0.15) is 5.69 Å². The van der Waals surface area contributed by atoms with Crippen LogP contribution in [0, 0.1) is 5.92 Å². The molecule has 1 N–H and O–H groups in total. The third-order valence-electron chi connectivity index (χ3n) is 3.99. The molecule has 0 amide bonds. The first-order valence-electron chi connectivity index (χ1n) is 6.91. The Morgan fingerprint density at radius 1 is 1.14 bits per heavy atom. The fourth-order valence-electron chi connectivity index (χ4n) is 2.93. The first kappa shape index (κ1) is 14.0. The smallest absolute Gasteiger partial charge is 0.351 e. The predicted molar refractivity (Wildman–Crippen MR) is 78.1 cm³/mol. The first-order chi connectivity index (χ1) is 9.84. The lowest BCUT2D eigenvalue weighted by molar-refractivity contribution is -0.140. The van der Waals surface area contributed by atoms with Crippen molar-refractivity contribution in [2.75, 3.05) is 0 Å². The van der Waals surface area contributed by atoms with E-state index in [0.29, 0.717) is 16.8 Å². The summed E-state index contributed by atoms with van der Waals surface area (Å²) in [7, 11) is 0. The Morgan fingerprint density at radius 2 is 1.90 bits per heavy atom. The molecule has 1 aromatic heterocycles. The molecule has 0 fully saturated rings. The second kappa shape index (κ2) is 4.79. The van der Waals surface area contributed by atoms with Crippen molar-refractivity contribution in [2.24, 2.45) is 5.92 Å². The fraction of sp³-hybridized carbons (Fsp3) is 0.294. The van der Waals surface area contributed by atoms with Crippen LogP contribution in [0.1, 0.15) is 31.0 Å². The molecule has 0 aliphatic heterocycles. The van der Waals surface area contributed by atoms with E-state index in [1.54, 1.807) is 6.07 Å². The Morgan fingerprint density at radius 3 is 2.57 bits per heavy atom. The van der Waals surface area contributed by atoms with E-state index in [1.807, 2.05) is 19.1 Å². The number of alkyl halides is 3. The summed E-state index contributed by atoms with van der Waals surface area (Å²) in [5.74, 6) is 0.552. The maximum atomic E-state index is 12.7. The van der Waals surface area contributed by atoms with Crippen LogP contribution in [0.5, 0.6) is 0 Å². The van der Waals surface area contributed by atoms with Crippen LogP contribution in [0.2, 0.25) is 0 Å². The predicted octanol–water partition coefficient (Wildman–Crippen LogP) is 5.42. The number of aromatic nitrogens is 1. The molecule has 1 aliphatic rings. The van der Waals surface area contributed by atoms with E-state index >= 15 is 0 Å². The van der Waals surface area contributed by atoms with E-state index < -0.39 is 11.9 Å². The summed E-state index contributed by atoms with van der Waals surface area (Å²) >= 11 is 0. The lowest BCUT2D eigenvalue weighted by Gasteiger charge is -2.22. The summed E-state index contributed by atoms with van der Waals surface area (Å²) in [4.78, 5) is 2.43. The summed E-state index contributed by atoms with van der Waals surface area (Å²) in [6, 6.07) is 6.66. The van der Waals surface area contributed by atoms with Gasteiger partial charge in [-0.15, -0.1) is 0 Å². The molecule has 0 saturated heterocycles. The molecule has 1 aromatic carbocycles. The Labute approximate surface area is 121 Å². The second-order valence-electron chi connectivity index (χ2n) is 5.68. The summed E-state index contributed by atoms with van der Waals surface area (Å²) in [6.45, 7) is 4.17. The number of allylic oxidation sites excluding steroid dienone is 4.